The van der Waals surface area contributed by atoms with Crippen LogP contribution in [0.25, 0.3) is 0 Å². The third kappa shape index (κ3) is 6.16. The summed E-state index contributed by atoms with van der Waals surface area (Å²) in [7, 11) is 0. The minimum absolute atomic E-state index is 0.0749. The number of fused-ring (bicyclic) bond motifs is 2. The van der Waals surface area contributed by atoms with E-state index in [9.17, 15) is 23.7 Å². The van der Waals surface area contributed by atoms with Gasteiger partial charge in [-0.3, -0.25) is 20.2 Å². The van der Waals surface area contributed by atoms with Crippen molar-refractivity contribution < 1.29 is 28.0 Å². The van der Waals surface area contributed by atoms with Crippen LogP contribution in [0.4, 0.5) is 14.5 Å². The summed E-state index contributed by atoms with van der Waals surface area (Å²) in [6.07, 6.45) is 5.32. The number of aromatic nitrogens is 1. The number of nitrogens with one attached hydrogen (secondary N) is 3. The topological polar surface area (TPSA) is 131 Å². The predicted octanol–water partition coefficient (Wildman–Crippen LogP) is 2.66. The summed E-state index contributed by atoms with van der Waals surface area (Å²) in [5, 5.41) is 14.9. The van der Waals surface area contributed by atoms with Gasteiger partial charge in [0.25, 0.3) is 5.69 Å². The number of alkyl halides is 2. The van der Waals surface area contributed by atoms with E-state index in [0.29, 0.717) is 12.1 Å². The molecule has 1 aromatic heterocycles. The van der Waals surface area contributed by atoms with Crippen molar-refractivity contribution >= 4 is 18.1 Å². The number of hydrogen-bond donors (Lipinski definition) is 3. The number of aliphatic imine (C=N–C) groups is 1. The summed E-state index contributed by atoms with van der Waals surface area (Å²) in [5.74, 6) is 0.0749. The molecule has 1 aliphatic carbocycles. The average molecular weight is 411 g/mol. The molecule has 1 amide bonds. The SMILES string of the molecule is CCC.O=CNC1=NC2C=C(C=C3OC(F)(F)OC3=C2)N1.O=[N+]([O-])c1cc[nH]c1. The van der Waals surface area contributed by atoms with Crippen LogP contribution in [-0.4, -0.2) is 34.6 Å². The molecular weight excluding hydrogens is 392 g/mol. The molecule has 0 saturated carbocycles. The van der Waals surface area contributed by atoms with Crippen molar-refractivity contribution in [2.45, 2.75) is 32.6 Å². The summed E-state index contributed by atoms with van der Waals surface area (Å²) in [5.41, 5.74) is 0.590. The van der Waals surface area contributed by atoms with Gasteiger partial charge >= 0.3 is 6.29 Å². The molecule has 10 nitrogen and oxygen atoms in total. The van der Waals surface area contributed by atoms with Crippen molar-refractivity contribution in [3.8, 4) is 0 Å². The first-order chi connectivity index (χ1) is 13.8. The van der Waals surface area contributed by atoms with Crippen LogP contribution in [0, 0.1) is 10.1 Å². The molecule has 2 aliphatic heterocycles. The van der Waals surface area contributed by atoms with Crippen molar-refractivity contribution in [2.75, 3.05) is 0 Å². The third-order valence-electron chi connectivity index (χ3n) is 3.19. The number of H-pyrrole nitrogens is 1. The molecule has 1 saturated heterocycles. The second-order valence-electron chi connectivity index (χ2n) is 5.72. The van der Waals surface area contributed by atoms with E-state index >= 15 is 0 Å². The smallest absolute Gasteiger partial charge is 0.396 e. The maximum atomic E-state index is 12.9. The number of carbonyl (C=O) groups excluding carboxylic acids is 1. The number of nitrogens with zero attached hydrogens (tertiary/aromatic N) is 2. The Morgan fingerprint density at radius 2 is 2.03 bits per heavy atom. The molecule has 156 valence electrons. The van der Waals surface area contributed by atoms with Crippen molar-refractivity contribution in [3.05, 3.63) is 64.0 Å². The van der Waals surface area contributed by atoms with Gasteiger partial charge in [0.2, 0.25) is 12.4 Å². The second-order valence-corrected chi connectivity index (χ2v) is 5.72. The van der Waals surface area contributed by atoms with Crippen LogP contribution in [0.3, 0.4) is 0 Å². The second kappa shape index (κ2) is 9.48. The fourth-order valence-corrected chi connectivity index (χ4v) is 2.20. The van der Waals surface area contributed by atoms with Crippen LogP contribution in [0.2, 0.25) is 0 Å². The lowest BCUT2D eigenvalue weighted by atomic mass is 10.2. The highest BCUT2D eigenvalue weighted by atomic mass is 19.3. The Bertz CT molecular complexity index is 862. The first kappa shape index (κ1) is 21.6. The van der Waals surface area contributed by atoms with Gasteiger partial charge in [-0.25, -0.2) is 4.99 Å². The lowest BCUT2D eigenvalue weighted by Gasteiger charge is -2.16. The Labute approximate surface area is 164 Å². The molecule has 2 bridgehead atoms. The van der Waals surface area contributed by atoms with E-state index in [2.05, 4.69) is 43.9 Å². The Morgan fingerprint density at radius 1 is 1.34 bits per heavy atom. The monoisotopic (exact) mass is 411 g/mol. The largest absolute Gasteiger partial charge is 0.586 e. The van der Waals surface area contributed by atoms with Crippen molar-refractivity contribution in [2.24, 2.45) is 4.99 Å². The van der Waals surface area contributed by atoms with Gasteiger partial charge in [0, 0.05) is 24.0 Å². The van der Waals surface area contributed by atoms with Crippen LogP contribution in [0.15, 0.2) is 58.9 Å². The lowest BCUT2D eigenvalue weighted by Crippen LogP contribution is -2.39. The van der Waals surface area contributed by atoms with Gasteiger partial charge in [0.15, 0.2) is 11.5 Å². The fraction of sp³-hybridized carbons (Fsp3) is 0.294. The van der Waals surface area contributed by atoms with Gasteiger partial charge in [0.05, 0.1) is 17.2 Å². The quantitative estimate of drug-likeness (QED) is 0.390. The number of allylic oxidation sites excluding steroid dienone is 1. The summed E-state index contributed by atoms with van der Waals surface area (Å²) < 4.78 is 34.5. The van der Waals surface area contributed by atoms with Crippen molar-refractivity contribution in [3.63, 3.8) is 0 Å². The van der Waals surface area contributed by atoms with Crippen molar-refractivity contribution in [1.29, 1.82) is 0 Å². The number of rotatable bonds is 2. The number of aromatic amines is 1. The third-order valence-corrected chi connectivity index (χ3v) is 3.19. The number of halogens is 2. The molecule has 0 aromatic carbocycles. The van der Waals surface area contributed by atoms with E-state index in [-0.39, 0.29) is 23.2 Å². The first-order valence-electron chi connectivity index (χ1n) is 8.51. The van der Waals surface area contributed by atoms with E-state index < -0.39 is 17.3 Å². The Kier molecular flexibility index (Phi) is 7.06. The normalized spacial score (nSPS) is 19.8. The predicted molar refractivity (Wildman–Crippen MR) is 98.3 cm³/mol. The molecule has 1 atom stereocenters. The van der Waals surface area contributed by atoms with Gasteiger partial charge in [-0.1, -0.05) is 20.3 Å². The van der Waals surface area contributed by atoms with E-state index in [4.69, 9.17) is 0 Å². The number of carbonyl (C=O) groups is 1. The molecule has 29 heavy (non-hydrogen) atoms. The number of guanidine groups is 1. The summed E-state index contributed by atoms with van der Waals surface area (Å²) in [6, 6.07) is 0.893. The number of nitro groups is 1. The van der Waals surface area contributed by atoms with Gasteiger partial charge < -0.3 is 19.8 Å². The molecule has 12 heteroatoms. The maximum Gasteiger partial charge on any atom is 0.586 e. The highest BCUT2D eigenvalue weighted by Crippen LogP contribution is 2.38. The number of amides is 1. The molecule has 1 unspecified atom stereocenters. The first-order valence-corrected chi connectivity index (χ1v) is 8.51. The average Bonchev–Trinajstić information content (AvgIpc) is 3.22. The van der Waals surface area contributed by atoms with Crippen LogP contribution in [-0.2, 0) is 14.3 Å². The summed E-state index contributed by atoms with van der Waals surface area (Å²) >= 11 is 0. The Balaban J connectivity index is 0.000000228. The number of hydrogen-bond acceptors (Lipinski definition) is 7. The number of ether oxygens (including phenoxy) is 2. The standard InChI is InChI=1S/C10H7F2N3O3.C4H4N2O2.C3H8/c11-10(12)17-7-2-5-1-6(3-8(7)18-10)15-9(14-5)13-4-16;7-6(8)4-1-2-5-3-4;1-3-2/h1-5H,(H2,13,14,15,16);1-3,5H;3H2,1-2H3. The zero-order chi connectivity index (χ0) is 21.4. The van der Waals surface area contributed by atoms with Gasteiger partial charge in [-0.15, -0.1) is 8.78 Å². The molecule has 4 rings (SSSR count). The van der Waals surface area contributed by atoms with Gasteiger partial charge in [-0.05, 0) is 12.2 Å². The van der Waals surface area contributed by atoms with Crippen molar-refractivity contribution in [1.82, 2.24) is 15.6 Å². The Hall–Kier alpha value is -3.70. The Morgan fingerprint density at radius 3 is 2.59 bits per heavy atom. The van der Waals surface area contributed by atoms with E-state index in [1.807, 2.05) is 0 Å². The maximum absolute atomic E-state index is 12.9. The molecular formula is C17H19F2N5O5. The molecule has 3 N–H and O–H groups in total. The molecule has 0 radical (unpaired) electrons. The zero-order valence-electron chi connectivity index (χ0n) is 15.5. The molecule has 0 spiro atoms. The minimum Gasteiger partial charge on any atom is -0.396 e. The molecule has 1 fully saturated rings. The fourth-order valence-electron chi connectivity index (χ4n) is 2.20. The van der Waals surface area contributed by atoms with E-state index in [0.717, 1.165) is 0 Å². The zero-order valence-corrected chi connectivity index (χ0v) is 15.5. The van der Waals surface area contributed by atoms with Crippen LogP contribution < -0.4 is 10.6 Å². The highest BCUT2D eigenvalue weighted by molar-refractivity contribution is 5.91. The van der Waals surface area contributed by atoms with Crippen LogP contribution in [0.5, 0.6) is 0 Å². The van der Waals surface area contributed by atoms with Gasteiger partial charge in [-0.2, -0.15) is 0 Å². The molecule has 3 heterocycles. The van der Waals surface area contributed by atoms with E-state index in [1.54, 1.807) is 6.08 Å². The van der Waals surface area contributed by atoms with Crippen LogP contribution >= 0.6 is 0 Å². The summed E-state index contributed by atoms with van der Waals surface area (Å²) in [4.78, 5) is 26.4. The summed E-state index contributed by atoms with van der Waals surface area (Å²) in [6.45, 7) is 4.25. The lowest BCUT2D eigenvalue weighted by molar-refractivity contribution is -0.384. The van der Waals surface area contributed by atoms with E-state index in [1.165, 1.54) is 37.0 Å². The molecule has 1 aromatic rings. The highest BCUT2D eigenvalue weighted by Gasteiger charge is 2.46. The minimum atomic E-state index is -3.66. The van der Waals surface area contributed by atoms with Gasteiger partial charge in [0.1, 0.15) is 0 Å². The van der Waals surface area contributed by atoms with Crippen LogP contribution in [0.1, 0.15) is 20.3 Å². The molecule has 3 aliphatic rings.